The summed E-state index contributed by atoms with van der Waals surface area (Å²) in [5.41, 5.74) is 2.66. The minimum absolute atomic E-state index is 0.153. The predicted octanol–water partition coefficient (Wildman–Crippen LogP) is 2.73. The van der Waals surface area contributed by atoms with Gasteiger partial charge in [-0.3, -0.25) is 9.47 Å². The number of hydrogen-bond donors (Lipinski definition) is 1. The zero-order valence-corrected chi connectivity index (χ0v) is 14.5. The Bertz CT molecular complexity index is 854. The molecule has 3 rings (SSSR count). The van der Waals surface area contributed by atoms with Gasteiger partial charge in [0.2, 0.25) is 0 Å². The Morgan fingerprint density at radius 2 is 1.84 bits per heavy atom. The zero-order chi connectivity index (χ0) is 17.6. The molecule has 0 radical (unpaired) electrons. The van der Waals surface area contributed by atoms with E-state index in [0.29, 0.717) is 18.7 Å². The van der Waals surface area contributed by atoms with E-state index in [2.05, 4.69) is 17.0 Å². The van der Waals surface area contributed by atoms with Crippen LogP contribution in [-0.4, -0.2) is 34.3 Å². The van der Waals surface area contributed by atoms with E-state index >= 15 is 0 Å². The molecule has 5 heteroatoms. The van der Waals surface area contributed by atoms with Crippen LogP contribution in [0, 0.1) is 5.92 Å². The van der Waals surface area contributed by atoms with Crippen molar-refractivity contribution in [1.82, 2.24) is 9.47 Å². The molecule has 1 N–H and O–H groups in total. The highest BCUT2D eigenvalue weighted by atomic mass is 16.4. The molecular formula is C20H24N2O3. The maximum atomic E-state index is 12.1. The maximum Gasteiger partial charge on any atom is 0.419 e. The van der Waals surface area contributed by atoms with Gasteiger partial charge >= 0.3 is 5.76 Å². The zero-order valence-electron chi connectivity index (χ0n) is 14.5. The lowest BCUT2D eigenvalue weighted by molar-refractivity contribution is 0.164. The van der Waals surface area contributed by atoms with Gasteiger partial charge in [-0.05, 0) is 23.6 Å². The number of hydrogen-bond acceptors (Lipinski definition) is 4. The molecule has 0 saturated heterocycles. The van der Waals surface area contributed by atoms with Gasteiger partial charge in [0.1, 0.15) is 0 Å². The summed E-state index contributed by atoms with van der Waals surface area (Å²) in [6.07, 6.45) is 0. The van der Waals surface area contributed by atoms with Crippen LogP contribution >= 0.6 is 0 Å². The molecule has 1 aromatic heterocycles. The van der Waals surface area contributed by atoms with Crippen LogP contribution in [0.5, 0.6) is 0 Å². The van der Waals surface area contributed by atoms with Crippen LogP contribution in [0.2, 0.25) is 0 Å². The van der Waals surface area contributed by atoms with Crippen LogP contribution in [0.4, 0.5) is 0 Å². The van der Waals surface area contributed by atoms with E-state index < -0.39 is 0 Å². The van der Waals surface area contributed by atoms with Crippen LogP contribution in [0.3, 0.4) is 0 Å². The van der Waals surface area contributed by atoms with Crippen molar-refractivity contribution in [3.05, 3.63) is 70.7 Å². The Balaban J connectivity index is 1.75. The Kier molecular flexibility index (Phi) is 5.68. The summed E-state index contributed by atoms with van der Waals surface area (Å²) >= 11 is 0. The van der Waals surface area contributed by atoms with Crippen LogP contribution < -0.4 is 5.76 Å². The van der Waals surface area contributed by atoms with Gasteiger partial charge in [-0.1, -0.05) is 49.4 Å². The van der Waals surface area contributed by atoms with Crippen molar-refractivity contribution in [2.75, 3.05) is 19.7 Å². The Labute approximate surface area is 147 Å². The van der Waals surface area contributed by atoms with Gasteiger partial charge < -0.3 is 9.52 Å². The topological polar surface area (TPSA) is 58.6 Å². The molecule has 132 valence electrons. The van der Waals surface area contributed by atoms with Crippen LogP contribution in [-0.2, 0) is 13.1 Å². The first-order valence-corrected chi connectivity index (χ1v) is 8.63. The Morgan fingerprint density at radius 3 is 2.60 bits per heavy atom. The summed E-state index contributed by atoms with van der Waals surface area (Å²) in [4.78, 5) is 14.4. The van der Waals surface area contributed by atoms with E-state index in [9.17, 15) is 9.90 Å². The minimum atomic E-state index is -0.323. The quantitative estimate of drug-likeness (QED) is 0.685. The molecule has 1 atom stereocenters. The highest BCUT2D eigenvalue weighted by molar-refractivity contribution is 5.72. The number of rotatable bonds is 8. The van der Waals surface area contributed by atoms with Gasteiger partial charge in [0.15, 0.2) is 5.58 Å². The van der Waals surface area contributed by atoms with Gasteiger partial charge in [-0.2, -0.15) is 0 Å². The number of benzene rings is 2. The number of para-hydroxylation sites is 2. The number of fused-ring (bicyclic) bond motifs is 1. The van der Waals surface area contributed by atoms with Gasteiger partial charge in [-0.25, -0.2) is 4.79 Å². The summed E-state index contributed by atoms with van der Waals surface area (Å²) in [5, 5.41) is 9.39. The molecule has 0 aliphatic carbocycles. The van der Waals surface area contributed by atoms with Crippen molar-refractivity contribution in [1.29, 1.82) is 0 Å². The molecule has 0 unspecified atom stereocenters. The summed E-state index contributed by atoms with van der Waals surface area (Å²) in [7, 11) is 0. The molecule has 5 nitrogen and oxygen atoms in total. The Morgan fingerprint density at radius 1 is 1.12 bits per heavy atom. The van der Waals surface area contributed by atoms with Crippen molar-refractivity contribution in [2.45, 2.75) is 20.0 Å². The summed E-state index contributed by atoms with van der Waals surface area (Å²) in [6, 6.07) is 17.7. The van der Waals surface area contributed by atoms with E-state index in [4.69, 9.17) is 4.42 Å². The monoisotopic (exact) mass is 340 g/mol. The Hall–Kier alpha value is -2.37. The second-order valence-corrected chi connectivity index (χ2v) is 6.50. The first-order chi connectivity index (χ1) is 12.2. The van der Waals surface area contributed by atoms with Gasteiger partial charge in [0.05, 0.1) is 5.52 Å². The number of aliphatic hydroxyl groups is 1. The average molecular weight is 340 g/mol. The van der Waals surface area contributed by atoms with Crippen LogP contribution in [0.25, 0.3) is 11.1 Å². The van der Waals surface area contributed by atoms with Gasteiger partial charge in [0.25, 0.3) is 0 Å². The fourth-order valence-electron chi connectivity index (χ4n) is 3.04. The van der Waals surface area contributed by atoms with Crippen molar-refractivity contribution in [2.24, 2.45) is 5.92 Å². The average Bonchev–Trinajstić information content (AvgIpc) is 2.95. The van der Waals surface area contributed by atoms with E-state index in [-0.39, 0.29) is 18.3 Å². The second-order valence-electron chi connectivity index (χ2n) is 6.50. The van der Waals surface area contributed by atoms with Gasteiger partial charge in [-0.15, -0.1) is 0 Å². The van der Waals surface area contributed by atoms with E-state index in [1.165, 1.54) is 5.56 Å². The summed E-state index contributed by atoms with van der Waals surface area (Å²) < 4.78 is 6.98. The van der Waals surface area contributed by atoms with Gasteiger partial charge in [0, 0.05) is 32.8 Å². The molecule has 3 aromatic rings. The number of nitrogens with zero attached hydrogens (tertiary/aromatic N) is 2. The predicted molar refractivity (Wildman–Crippen MR) is 98.4 cm³/mol. The van der Waals surface area contributed by atoms with Crippen molar-refractivity contribution < 1.29 is 9.52 Å². The largest absolute Gasteiger partial charge is 0.419 e. The molecule has 0 amide bonds. The second kappa shape index (κ2) is 8.14. The van der Waals surface area contributed by atoms with E-state index in [1.54, 1.807) is 4.57 Å². The number of aromatic nitrogens is 1. The van der Waals surface area contributed by atoms with E-state index in [1.807, 2.05) is 49.4 Å². The lowest BCUT2D eigenvalue weighted by Gasteiger charge is -2.25. The minimum Gasteiger partial charge on any atom is -0.408 e. The summed E-state index contributed by atoms with van der Waals surface area (Å²) in [5.74, 6) is -0.141. The number of oxazole rings is 1. The molecule has 25 heavy (non-hydrogen) atoms. The van der Waals surface area contributed by atoms with Crippen molar-refractivity contribution in [3.63, 3.8) is 0 Å². The molecule has 2 aromatic carbocycles. The lowest BCUT2D eigenvalue weighted by Crippen LogP contribution is -2.33. The first kappa shape index (κ1) is 17.5. The normalized spacial score (nSPS) is 12.8. The molecule has 0 bridgehead atoms. The third-order valence-electron chi connectivity index (χ3n) is 4.34. The first-order valence-electron chi connectivity index (χ1n) is 8.63. The third kappa shape index (κ3) is 4.38. The third-order valence-corrected chi connectivity index (χ3v) is 4.34. The maximum absolute atomic E-state index is 12.1. The van der Waals surface area contributed by atoms with E-state index in [0.717, 1.165) is 18.6 Å². The molecule has 0 aliphatic rings. The fraction of sp³-hybridized carbons (Fsp3) is 0.350. The van der Waals surface area contributed by atoms with Crippen molar-refractivity contribution >= 4 is 11.1 Å². The van der Waals surface area contributed by atoms with Crippen molar-refractivity contribution in [3.8, 4) is 0 Å². The SMILES string of the molecule is C[C@@H](CO)CN(CCn1c(=O)oc2ccccc21)Cc1ccccc1. The summed E-state index contributed by atoms with van der Waals surface area (Å²) in [6.45, 7) is 5.01. The van der Waals surface area contributed by atoms with Crippen LogP contribution in [0.15, 0.2) is 63.8 Å². The standard InChI is InChI=1S/C20H24N2O3/c1-16(15-23)13-21(14-17-7-3-2-4-8-17)11-12-22-18-9-5-6-10-19(18)25-20(22)24/h2-10,16,23H,11-15H2,1H3/t16-/m1/s1. The smallest absolute Gasteiger partial charge is 0.408 e. The molecule has 0 fully saturated rings. The molecule has 0 aliphatic heterocycles. The molecule has 0 saturated carbocycles. The number of aliphatic hydroxyl groups excluding tert-OH is 1. The lowest BCUT2D eigenvalue weighted by atomic mass is 10.1. The van der Waals surface area contributed by atoms with Crippen LogP contribution in [0.1, 0.15) is 12.5 Å². The fourth-order valence-corrected chi connectivity index (χ4v) is 3.04. The highest BCUT2D eigenvalue weighted by Gasteiger charge is 2.13. The molecular weight excluding hydrogens is 316 g/mol. The highest BCUT2D eigenvalue weighted by Crippen LogP contribution is 2.13. The molecule has 0 spiro atoms. The molecule has 1 heterocycles.